The Balaban J connectivity index is 2.59. The van der Waals surface area contributed by atoms with Crippen LogP contribution in [-0.2, 0) is 19.1 Å². The number of likely N-dealkylation sites (tertiary alicyclic amines) is 1. The second-order valence-corrected chi connectivity index (χ2v) is 3.72. The van der Waals surface area contributed by atoms with Gasteiger partial charge in [0.05, 0.1) is 27.3 Å². The molecule has 1 saturated heterocycles. The van der Waals surface area contributed by atoms with Crippen LogP contribution in [-0.4, -0.2) is 45.3 Å². The van der Waals surface area contributed by atoms with E-state index in [1.54, 1.807) is 0 Å². The minimum Gasteiger partial charge on any atom is -0.469 e. The van der Waals surface area contributed by atoms with Crippen molar-refractivity contribution in [2.24, 2.45) is 0 Å². The van der Waals surface area contributed by atoms with Crippen LogP contribution in [0.2, 0.25) is 0 Å². The smallest absolute Gasteiger partial charge is 0.365 e. The van der Waals surface area contributed by atoms with Gasteiger partial charge >= 0.3 is 11.9 Å². The second-order valence-electron chi connectivity index (χ2n) is 3.72. The van der Waals surface area contributed by atoms with E-state index in [-0.39, 0.29) is 18.4 Å². The van der Waals surface area contributed by atoms with E-state index in [4.69, 9.17) is 4.74 Å². The summed E-state index contributed by atoms with van der Waals surface area (Å²) in [5.41, 5.74) is 0. The maximum absolute atomic E-state index is 11.5. The predicted octanol–water partition coefficient (Wildman–Crippen LogP) is -1.23. The van der Waals surface area contributed by atoms with Crippen LogP contribution in [0.25, 0.3) is 0 Å². The van der Waals surface area contributed by atoms with Crippen molar-refractivity contribution in [3.63, 3.8) is 0 Å². The van der Waals surface area contributed by atoms with Gasteiger partial charge in [-0.3, -0.25) is 4.79 Å². The minimum atomic E-state index is -0.398. The first-order valence-electron chi connectivity index (χ1n) is 5.18. The topological polar surface area (TPSA) is 57.0 Å². The monoisotopic (exact) mass is 216 g/mol. The fourth-order valence-corrected chi connectivity index (χ4v) is 1.96. The Morgan fingerprint density at radius 1 is 1.20 bits per heavy atom. The Labute approximate surface area is 89.3 Å². The van der Waals surface area contributed by atoms with E-state index in [1.807, 2.05) is 0 Å². The van der Waals surface area contributed by atoms with E-state index in [9.17, 15) is 9.59 Å². The Kier molecular flexibility index (Phi) is 4.55. The molecule has 86 valence electrons. The Hall–Kier alpha value is -1.10. The van der Waals surface area contributed by atoms with Crippen molar-refractivity contribution >= 4 is 11.9 Å². The summed E-state index contributed by atoms with van der Waals surface area (Å²) >= 11 is 0. The maximum atomic E-state index is 11.5. The SMILES string of the molecule is COC(=O)C[C@H](C(=O)OC)[NH+]1CCCC1. The van der Waals surface area contributed by atoms with Crippen molar-refractivity contribution in [1.82, 2.24) is 0 Å². The lowest BCUT2D eigenvalue weighted by Crippen LogP contribution is -3.15. The summed E-state index contributed by atoms with van der Waals surface area (Å²) in [6.45, 7) is 1.85. The highest BCUT2D eigenvalue weighted by atomic mass is 16.5. The number of quaternary nitrogens is 1. The molecule has 0 aromatic rings. The van der Waals surface area contributed by atoms with Gasteiger partial charge in [0, 0.05) is 12.8 Å². The largest absolute Gasteiger partial charge is 0.469 e. The molecule has 0 saturated carbocycles. The normalized spacial score (nSPS) is 18.5. The summed E-state index contributed by atoms with van der Waals surface area (Å²) < 4.78 is 9.28. The number of carbonyl (C=O) groups is 2. The van der Waals surface area contributed by atoms with Crippen LogP contribution >= 0.6 is 0 Å². The summed E-state index contributed by atoms with van der Waals surface area (Å²) in [6, 6.07) is -0.398. The van der Waals surface area contributed by atoms with E-state index in [1.165, 1.54) is 14.2 Å². The van der Waals surface area contributed by atoms with E-state index < -0.39 is 6.04 Å². The summed E-state index contributed by atoms with van der Waals surface area (Å²) in [7, 11) is 2.68. The Morgan fingerprint density at radius 2 is 1.80 bits per heavy atom. The molecule has 0 unspecified atom stereocenters. The highest BCUT2D eigenvalue weighted by Crippen LogP contribution is 1.98. The van der Waals surface area contributed by atoms with Gasteiger partial charge in [-0.15, -0.1) is 0 Å². The van der Waals surface area contributed by atoms with Gasteiger partial charge in [0.2, 0.25) is 0 Å². The molecule has 15 heavy (non-hydrogen) atoms. The first-order valence-corrected chi connectivity index (χ1v) is 5.18. The lowest BCUT2D eigenvalue weighted by Gasteiger charge is -2.21. The van der Waals surface area contributed by atoms with Crippen molar-refractivity contribution in [3.8, 4) is 0 Å². The highest BCUT2D eigenvalue weighted by molar-refractivity contribution is 5.81. The molecule has 0 aromatic heterocycles. The third-order valence-electron chi connectivity index (χ3n) is 2.82. The zero-order chi connectivity index (χ0) is 11.3. The first kappa shape index (κ1) is 12.0. The summed E-state index contributed by atoms with van der Waals surface area (Å²) in [5.74, 6) is -0.679. The molecule has 5 heteroatoms. The van der Waals surface area contributed by atoms with Crippen LogP contribution in [0.4, 0.5) is 0 Å². The molecule has 0 aromatic carbocycles. The molecule has 0 bridgehead atoms. The molecule has 1 aliphatic rings. The van der Waals surface area contributed by atoms with Crippen LogP contribution in [0.15, 0.2) is 0 Å². The van der Waals surface area contributed by atoms with Gasteiger partial charge in [0.1, 0.15) is 6.42 Å². The Morgan fingerprint density at radius 3 is 2.27 bits per heavy atom. The van der Waals surface area contributed by atoms with Gasteiger partial charge in [0.15, 0.2) is 6.04 Å². The van der Waals surface area contributed by atoms with E-state index in [0.717, 1.165) is 30.8 Å². The fraction of sp³-hybridized carbons (Fsp3) is 0.800. The third kappa shape index (κ3) is 3.20. The summed E-state index contributed by atoms with van der Waals surface area (Å²) in [4.78, 5) is 23.8. The lowest BCUT2D eigenvalue weighted by molar-refractivity contribution is -0.904. The fourth-order valence-electron chi connectivity index (χ4n) is 1.96. The van der Waals surface area contributed by atoms with E-state index >= 15 is 0 Å². The van der Waals surface area contributed by atoms with Crippen LogP contribution in [0.5, 0.6) is 0 Å². The summed E-state index contributed by atoms with van der Waals surface area (Å²) in [6.07, 6.45) is 2.31. The van der Waals surface area contributed by atoms with E-state index in [2.05, 4.69) is 4.74 Å². The molecule has 5 nitrogen and oxygen atoms in total. The van der Waals surface area contributed by atoms with Crippen molar-refractivity contribution < 1.29 is 24.0 Å². The molecular weight excluding hydrogens is 198 g/mol. The molecule has 0 aliphatic carbocycles. The third-order valence-corrected chi connectivity index (χ3v) is 2.82. The van der Waals surface area contributed by atoms with Gasteiger partial charge in [-0.1, -0.05) is 0 Å². The zero-order valence-corrected chi connectivity index (χ0v) is 9.25. The van der Waals surface area contributed by atoms with Crippen molar-refractivity contribution in [3.05, 3.63) is 0 Å². The van der Waals surface area contributed by atoms with Crippen LogP contribution in [0.1, 0.15) is 19.3 Å². The molecule has 0 amide bonds. The first-order chi connectivity index (χ1) is 7.19. The number of rotatable bonds is 4. The van der Waals surface area contributed by atoms with E-state index in [0.29, 0.717) is 0 Å². The van der Waals surface area contributed by atoms with Gasteiger partial charge in [-0.2, -0.15) is 0 Å². The average Bonchev–Trinajstić information content (AvgIpc) is 2.77. The molecule has 1 aliphatic heterocycles. The number of methoxy groups -OCH3 is 2. The highest BCUT2D eigenvalue weighted by Gasteiger charge is 2.35. The molecule has 1 atom stereocenters. The number of esters is 2. The van der Waals surface area contributed by atoms with Gasteiger partial charge in [-0.25, -0.2) is 4.79 Å². The molecule has 0 spiro atoms. The summed E-state index contributed by atoms with van der Waals surface area (Å²) in [5, 5.41) is 0. The number of hydrogen-bond donors (Lipinski definition) is 1. The van der Waals surface area contributed by atoms with Gasteiger partial charge < -0.3 is 14.4 Å². The van der Waals surface area contributed by atoms with Crippen LogP contribution in [0.3, 0.4) is 0 Å². The molecule has 1 rings (SSSR count). The molecular formula is C10H18NO4+. The zero-order valence-electron chi connectivity index (χ0n) is 9.25. The standard InChI is InChI=1S/C10H17NO4/c1-14-9(12)7-8(10(13)15-2)11-5-3-4-6-11/h8H,3-7H2,1-2H3/p+1/t8-/m1/s1. The van der Waals surface area contributed by atoms with Crippen LogP contribution in [0, 0.1) is 0 Å². The molecule has 1 N–H and O–H groups in total. The number of hydrogen-bond acceptors (Lipinski definition) is 4. The molecule has 0 radical (unpaired) electrons. The molecule has 1 heterocycles. The van der Waals surface area contributed by atoms with Gasteiger partial charge in [0.25, 0.3) is 0 Å². The number of nitrogens with one attached hydrogen (secondary N) is 1. The van der Waals surface area contributed by atoms with Crippen molar-refractivity contribution in [1.29, 1.82) is 0 Å². The van der Waals surface area contributed by atoms with Crippen molar-refractivity contribution in [2.75, 3.05) is 27.3 Å². The van der Waals surface area contributed by atoms with Crippen molar-refractivity contribution in [2.45, 2.75) is 25.3 Å². The average molecular weight is 216 g/mol. The second kappa shape index (κ2) is 5.70. The lowest BCUT2D eigenvalue weighted by atomic mass is 10.2. The van der Waals surface area contributed by atoms with Gasteiger partial charge in [-0.05, 0) is 0 Å². The maximum Gasteiger partial charge on any atom is 0.365 e. The predicted molar refractivity (Wildman–Crippen MR) is 52.4 cm³/mol. The molecule has 1 fully saturated rings. The van der Waals surface area contributed by atoms with Crippen LogP contribution < -0.4 is 4.90 Å². The minimum absolute atomic E-state index is 0.110. The quantitative estimate of drug-likeness (QED) is 0.598. The number of carbonyl (C=O) groups excluding carboxylic acids is 2. The number of ether oxygens (including phenoxy) is 2. The Bertz CT molecular complexity index is 236.